The Morgan fingerprint density at radius 3 is 2.47 bits per heavy atom. The molecule has 150 valence electrons. The fourth-order valence-corrected chi connectivity index (χ4v) is 3.48. The maximum Gasteiger partial charge on any atom is 0.262 e. The largest absolute Gasteiger partial charge is 0.483 e. The van der Waals surface area contributed by atoms with Gasteiger partial charge in [0.1, 0.15) is 5.75 Å². The van der Waals surface area contributed by atoms with E-state index < -0.39 is 0 Å². The second-order valence-corrected chi connectivity index (χ2v) is 7.26. The molecule has 6 heteroatoms. The summed E-state index contributed by atoms with van der Waals surface area (Å²) >= 11 is 6.14. The van der Waals surface area contributed by atoms with Crippen LogP contribution in [0.1, 0.15) is 16.1 Å². The van der Waals surface area contributed by atoms with E-state index in [1.807, 2.05) is 60.1 Å². The van der Waals surface area contributed by atoms with E-state index in [0.717, 1.165) is 10.9 Å². The number of aromatic nitrogens is 1. The van der Waals surface area contributed by atoms with Crippen LogP contribution >= 0.6 is 11.6 Å². The Bertz CT molecular complexity index is 1230. The highest BCUT2D eigenvalue weighted by Crippen LogP contribution is 2.28. The van der Waals surface area contributed by atoms with Crippen molar-refractivity contribution in [1.82, 2.24) is 4.57 Å². The van der Waals surface area contributed by atoms with Crippen LogP contribution in [0.15, 0.2) is 78.9 Å². The molecule has 0 aliphatic heterocycles. The molecule has 0 aliphatic rings. The summed E-state index contributed by atoms with van der Waals surface area (Å²) in [5.74, 6) is -0.244. The summed E-state index contributed by atoms with van der Waals surface area (Å²) < 4.78 is 7.52. The van der Waals surface area contributed by atoms with Gasteiger partial charge in [-0.2, -0.15) is 0 Å². The number of nitrogens with one attached hydrogen (secondary N) is 1. The first-order chi connectivity index (χ1) is 14.5. The van der Waals surface area contributed by atoms with Crippen LogP contribution in [0.5, 0.6) is 5.75 Å². The van der Waals surface area contributed by atoms with Crippen molar-refractivity contribution >= 4 is 39.9 Å². The smallest absolute Gasteiger partial charge is 0.262 e. The number of ether oxygens (including phenoxy) is 1. The Balaban J connectivity index is 1.58. The van der Waals surface area contributed by atoms with E-state index in [1.54, 1.807) is 30.3 Å². The Kier molecular flexibility index (Phi) is 5.55. The number of ketones is 1. The first-order valence-electron chi connectivity index (χ1n) is 9.39. The third kappa shape index (κ3) is 4.07. The lowest BCUT2D eigenvalue weighted by molar-refractivity contribution is -0.118. The fraction of sp³-hybridized carbons (Fsp3) is 0.0833. The predicted molar refractivity (Wildman–Crippen MR) is 118 cm³/mol. The number of halogens is 1. The lowest BCUT2D eigenvalue weighted by Gasteiger charge is -2.12. The molecule has 1 amide bonds. The summed E-state index contributed by atoms with van der Waals surface area (Å²) in [6, 6.07) is 23.5. The lowest BCUT2D eigenvalue weighted by Crippen LogP contribution is -2.21. The van der Waals surface area contributed by atoms with Gasteiger partial charge in [-0.1, -0.05) is 48.0 Å². The Morgan fingerprint density at radius 1 is 0.967 bits per heavy atom. The third-order valence-corrected chi connectivity index (χ3v) is 5.02. The normalized spacial score (nSPS) is 10.7. The minimum absolute atomic E-state index is 0.227. The van der Waals surface area contributed by atoms with Gasteiger partial charge in [0.25, 0.3) is 5.91 Å². The Labute approximate surface area is 178 Å². The van der Waals surface area contributed by atoms with Gasteiger partial charge >= 0.3 is 0 Å². The minimum Gasteiger partial charge on any atom is -0.483 e. The van der Waals surface area contributed by atoms with Crippen LogP contribution in [0, 0.1) is 0 Å². The molecule has 5 nitrogen and oxygen atoms in total. The summed E-state index contributed by atoms with van der Waals surface area (Å²) in [6.45, 7) is -0.230. The lowest BCUT2D eigenvalue weighted by atomic mass is 10.1. The number of nitrogens with zero attached hydrogens (tertiary/aromatic N) is 1. The van der Waals surface area contributed by atoms with Crippen molar-refractivity contribution in [2.45, 2.75) is 0 Å². The standard InChI is InChI=1S/C24H19ClN2O3/c1-27-20-10-6-5-7-16(20)13-21(27)24(29)19-14-17(25)11-12-22(19)30-15-23(28)26-18-8-3-2-4-9-18/h2-14H,15H2,1H3,(H,26,28). The number of anilines is 1. The van der Waals surface area contributed by atoms with E-state index in [1.165, 1.54) is 0 Å². The van der Waals surface area contributed by atoms with E-state index in [-0.39, 0.29) is 18.3 Å². The number of benzene rings is 3. The predicted octanol–water partition coefficient (Wildman–Crippen LogP) is 5.08. The maximum atomic E-state index is 13.3. The second-order valence-electron chi connectivity index (χ2n) is 6.82. The van der Waals surface area contributed by atoms with Gasteiger partial charge < -0.3 is 14.6 Å². The SMILES string of the molecule is Cn1c(C(=O)c2cc(Cl)ccc2OCC(=O)Nc2ccccc2)cc2ccccc21. The van der Waals surface area contributed by atoms with Crippen LogP contribution in [0.25, 0.3) is 10.9 Å². The molecule has 0 fully saturated rings. The van der Waals surface area contributed by atoms with Gasteiger partial charge in [0.2, 0.25) is 5.78 Å². The molecule has 0 atom stereocenters. The molecule has 0 saturated carbocycles. The zero-order valence-electron chi connectivity index (χ0n) is 16.3. The Morgan fingerprint density at radius 2 is 1.70 bits per heavy atom. The van der Waals surface area contributed by atoms with Gasteiger partial charge in [-0.05, 0) is 42.5 Å². The topological polar surface area (TPSA) is 60.3 Å². The van der Waals surface area contributed by atoms with Crippen LogP contribution in [0.4, 0.5) is 5.69 Å². The van der Waals surface area contributed by atoms with Gasteiger partial charge in [0.05, 0.1) is 11.3 Å². The summed E-state index contributed by atoms with van der Waals surface area (Å²) in [4.78, 5) is 25.5. The number of hydrogen-bond acceptors (Lipinski definition) is 3. The molecular weight excluding hydrogens is 400 g/mol. The van der Waals surface area contributed by atoms with Crippen molar-refractivity contribution in [2.75, 3.05) is 11.9 Å². The van der Waals surface area contributed by atoms with Crippen molar-refractivity contribution < 1.29 is 14.3 Å². The number of aryl methyl sites for hydroxylation is 1. The first kappa shape index (κ1) is 19.7. The van der Waals surface area contributed by atoms with Crippen LogP contribution < -0.4 is 10.1 Å². The molecular formula is C24H19ClN2O3. The molecule has 30 heavy (non-hydrogen) atoms. The van der Waals surface area contributed by atoms with Crippen molar-refractivity contribution in [1.29, 1.82) is 0 Å². The summed E-state index contributed by atoms with van der Waals surface area (Å²) in [5, 5.41) is 4.13. The van der Waals surface area contributed by atoms with Crippen molar-refractivity contribution in [3.63, 3.8) is 0 Å². The number of rotatable bonds is 6. The van der Waals surface area contributed by atoms with Crippen LogP contribution in [0.3, 0.4) is 0 Å². The van der Waals surface area contributed by atoms with Crippen LogP contribution in [-0.2, 0) is 11.8 Å². The van der Waals surface area contributed by atoms with Gasteiger partial charge in [-0.25, -0.2) is 0 Å². The summed E-state index contributed by atoms with van der Waals surface area (Å²) in [5.41, 5.74) is 2.44. The fourth-order valence-electron chi connectivity index (χ4n) is 3.31. The first-order valence-corrected chi connectivity index (χ1v) is 9.77. The Hall–Kier alpha value is -3.57. The molecule has 0 unspecified atom stereocenters. The van der Waals surface area contributed by atoms with Crippen molar-refractivity contribution in [2.24, 2.45) is 7.05 Å². The highest BCUT2D eigenvalue weighted by Gasteiger charge is 2.20. The van der Waals surface area contributed by atoms with E-state index in [9.17, 15) is 9.59 Å². The molecule has 0 saturated heterocycles. The minimum atomic E-state index is -0.320. The molecule has 0 spiro atoms. The van der Waals surface area contributed by atoms with Crippen molar-refractivity contribution in [3.8, 4) is 5.75 Å². The zero-order valence-corrected chi connectivity index (χ0v) is 17.0. The number of para-hydroxylation sites is 2. The molecule has 1 aromatic heterocycles. The van der Waals surface area contributed by atoms with Gasteiger partial charge in [-0.3, -0.25) is 9.59 Å². The van der Waals surface area contributed by atoms with Gasteiger partial charge in [0.15, 0.2) is 6.61 Å². The average molecular weight is 419 g/mol. The molecule has 1 N–H and O–H groups in total. The molecule has 0 aliphatic carbocycles. The van der Waals surface area contributed by atoms with Crippen LogP contribution in [0.2, 0.25) is 5.02 Å². The van der Waals surface area contributed by atoms with Crippen LogP contribution in [-0.4, -0.2) is 22.9 Å². The number of fused-ring (bicyclic) bond motifs is 1. The molecule has 4 aromatic rings. The highest BCUT2D eigenvalue weighted by molar-refractivity contribution is 6.31. The van der Waals surface area contributed by atoms with Gasteiger partial charge in [0, 0.05) is 28.7 Å². The monoisotopic (exact) mass is 418 g/mol. The molecule has 0 bridgehead atoms. The maximum absolute atomic E-state index is 13.3. The second kappa shape index (κ2) is 8.43. The molecule has 1 heterocycles. The van der Waals surface area contributed by atoms with E-state index in [2.05, 4.69) is 5.32 Å². The number of carbonyl (C=O) groups excluding carboxylic acids is 2. The van der Waals surface area contributed by atoms with E-state index in [0.29, 0.717) is 27.7 Å². The molecule has 0 radical (unpaired) electrons. The third-order valence-electron chi connectivity index (χ3n) is 4.79. The number of carbonyl (C=O) groups is 2. The zero-order chi connectivity index (χ0) is 21.1. The van der Waals surface area contributed by atoms with E-state index in [4.69, 9.17) is 16.3 Å². The summed E-state index contributed by atoms with van der Waals surface area (Å²) in [7, 11) is 1.84. The molecule has 3 aromatic carbocycles. The average Bonchev–Trinajstić information content (AvgIpc) is 3.10. The van der Waals surface area contributed by atoms with Gasteiger partial charge in [-0.15, -0.1) is 0 Å². The number of hydrogen-bond donors (Lipinski definition) is 1. The van der Waals surface area contributed by atoms with Crippen molar-refractivity contribution in [3.05, 3.63) is 95.1 Å². The molecule has 4 rings (SSSR count). The highest BCUT2D eigenvalue weighted by atomic mass is 35.5. The van der Waals surface area contributed by atoms with E-state index >= 15 is 0 Å². The number of amides is 1. The summed E-state index contributed by atoms with van der Waals surface area (Å²) in [6.07, 6.45) is 0. The quantitative estimate of drug-likeness (QED) is 0.444.